The van der Waals surface area contributed by atoms with Gasteiger partial charge in [0.05, 0.1) is 19.3 Å². The van der Waals surface area contributed by atoms with Crippen molar-refractivity contribution >= 4 is 11.0 Å². The van der Waals surface area contributed by atoms with E-state index >= 15 is 0 Å². The van der Waals surface area contributed by atoms with Crippen LogP contribution in [0.3, 0.4) is 0 Å². The third kappa shape index (κ3) is 2.66. The Hall–Kier alpha value is -1.36. The van der Waals surface area contributed by atoms with Gasteiger partial charge in [0.1, 0.15) is 11.3 Å². The second-order valence-corrected chi connectivity index (χ2v) is 5.21. The predicted octanol–water partition coefficient (Wildman–Crippen LogP) is 2.15. The monoisotopic (exact) mass is 260 g/mol. The lowest BCUT2D eigenvalue weighted by atomic mass is 10.1. The van der Waals surface area contributed by atoms with Gasteiger partial charge in [0.25, 0.3) is 0 Å². The lowest BCUT2D eigenvalue weighted by molar-refractivity contribution is -0.00354. The van der Waals surface area contributed by atoms with Gasteiger partial charge in [-0.2, -0.15) is 0 Å². The number of furan rings is 1. The molecule has 2 N–H and O–H groups in total. The molecule has 1 aliphatic rings. The van der Waals surface area contributed by atoms with Crippen LogP contribution in [0.2, 0.25) is 0 Å². The van der Waals surface area contributed by atoms with Crippen LogP contribution in [0.5, 0.6) is 0 Å². The average molecular weight is 260 g/mol. The standard InChI is InChI=1S/C15H20N2O2/c1-11-10-18-7-6-17(11)9-13(16)15-8-12-4-2-3-5-14(12)19-15/h2-5,8,11,13H,6-7,9-10,16H2,1H3. The van der Waals surface area contributed by atoms with Crippen LogP contribution in [0.4, 0.5) is 0 Å². The molecule has 1 saturated heterocycles. The summed E-state index contributed by atoms with van der Waals surface area (Å²) in [5.74, 6) is 0.861. The van der Waals surface area contributed by atoms with Crippen molar-refractivity contribution in [2.24, 2.45) is 5.73 Å². The first-order valence-electron chi connectivity index (χ1n) is 6.80. The van der Waals surface area contributed by atoms with Crippen molar-refractivity contribution in [3.8, 4) is 0 Å². The Balaban J connectivity index is 1.74. The zero-order valence-electron chi connectivity index (χ0n) is 11.2. The van der Waals surface area contributed by atoms with E-state index < -0.39 is 0 Å². The first kappa shape index (κ1) is 12.7. The molecule has 0 radical (unpaired) electrons. The predicted molar refractivity (Wildman–Crippen MR) is 75.0 cm³/mol. The number of nitrogens with zero attached hydrogens (tertiary/aromatic N) is 1. The number of hydrogen-bond acceptors (Lipinski definition) is 4. The normalized spacial score (nSPS) is 22.7. The van der Waals surface area contributed by atoms with Gasteiger partial charge in [-0.05, 0) is 19.1 Å². The number of hydrogen-bond donors (Lipinski definition) is 1. The summed E-state index contributed by atoms with van der Waals surface area (Å²) < 4.78 is 11.3. The molecule has 1 aliphatic heterocycles. The van der Waals surface area contributed by atoms with E-state index in [2.05, 4.69) is 11.8 Å². The Morgan fingerprint density at radius 3 is 3.05 bits per heavy atom. The van der Waals surface area contributed by atoms with Gasteiger partial charge >= 0.3 is 0 Å². The second-order valence-electron chi connectivity index (χ2n) is 5.21. The summed E-state index contributed by atoms with van der Waals surface area (Å²) >= 11 is 0. The number of rotatable bonds is 3. The van der Waals surface area contributed by atoms with Gasteiger partial charge in [-0.1, -0.05) is 18.2 Å². The number of morpholine rings is 1. The maximum absolute atomic E-state index is 6.28. The molecule has 2 unspecified atom stereocenters. The minimum atomic E-state index is -0.0899. The fourth-order valence-corrected chi connectivity index (χ4v) is 2.56. The van der Waals surface area contributed by atoms with Crippen LogP contribution >= 0.6 is 0 Å². The molecular formula is C15H20N2O2. The highest BCUT2D eigenvalue weighted by Gasteiger charge is 2.22. The summed E-state index contributed by atoms with van der Waals surface area (Å²) in [6.07, 6.45) is 0. The summed E-state index contributed by atoms with van der Waals surface area (Å²) in [5.41, 5.74) is 7.18. The molecule has 4 nitrogen and oxygen atoms in total. The van der Waals surface area contributed by atoms with Crippen molar-refractivity contribution in [1.29, 1.82) is 0 Å². The van der Waals surface area contributed by atoms with Gasteiger partial charge in [-0.15, -0.1) is 0 Å². The molecule has 3 rings (SSSR count). The van der Waals surface area contributed by atoms with Crippen LogP contribution in [0.1, 0.15) is 18.7 Å². The highest BCUT2D eigenvalue weighted by molar-refractivity contribution is 5.77. The second kappa shape index (κ2) is 5.33. The highest BCUT2D eigenvalue weighted by atomic mass is 16.5. The number of ether oxygens (including phenoxy) is 1. The molecule has 4 heteroatoms. The van der Waals surface area contributed by atoms with Crippen molar-refractivity contribution in [2.75, 3.05) is 26.3 Å². The van der Waals surface area contributed by atoms with E-state index in [1.54, 1.807) is 0 Å². The van der Waals surface area contributed by atoms with Gasteiger partial charge in [0.2, 0.25) is 0 Å². The van der Waals surface area contributed by atoms with Crippen LogP contribution in [-0.2, 0) is 4.74 Å². The number of nitrogens with two attached hydrogens (primary N) is 1. The lowest BCUT2D eigenvalue weighted by Gasteiger charge is -2.34. The topological polar surface area (TPSA) is 51.6 Å². The fraction of sp³-hybridized carbons (Fsp3) is 0.467. The molecule has 1 aromatic heterocycles. The molecule has 2 aromatic rings. The van der Waals surface area contributed by atoms with E-state index in [0.29, 0.717) is 6.04 Å². The van der Waals surface area contributed by atoms with E-state index in [1.165, 1.54) is 0 Å². The molecule has 0 spiro atoms. The molecule has 0 saturated carbocycles. The van der Waals surface area contributed by atoms with E-state index in [4.69, 9.17) is 14.9 Å². The smallest absolute Gasteiger partial charge is 0.134 e. The van der Waals surface area contributed by atoms with Crippen LogP contribution < -0.4 is 5.73 Å². The van der Waals surface area contributed by atoms with Gasteiger partial charge in [-0.25, -0.2) is 0 Å². The van der Waals surface area contributed by atoms with Gasteiger partial charge in [-0.3, -0.25) is 4.90 Å². The molecule has 1 aromatic carbocycles. The van der Waals surface area contributed by atoms with Crippen molar-refractivity contribution < 1.29 is 9.15 Å². The first-order chi connectivity index (χ1) is 9.24. The first-order valence-corrected chi connectivity index (χ1v) is 6.80. The third-order valence-electron chi connectivity index (χ3n) is 3.75. The third-order valence-corrected chi connectivity index (χ3v) is 3.75. The largest absolute Gasteiger partial charge is 0.459 e. The van der Waals surface area contributed by atoms with Crippen LogP contribution in [0, 0.1) is 0 Å². The Labute approximate surface area is 113 Å². The van der Waals surface area contributed by atoms with Gasteiger partial charge < -0.3 is 14.9 Å². The maximum atomic E-state index is 6.28. The summed E-state index contributed by atoms with van der Waals surface area (Å²) in [6.45, 7) is 5.49. The Kier molecular flexibility index (Phi) is 3.55. The van der Waals surface area contributed by atoms with Gasteiger partial charge in [0.15, 0.2) is 0 Å². The summed E-state index contributed by atoms with van der Waals surface area (Å²) in [6, 6.07) is 10.4. The Morgan fingerprint density at radius 2 is 2.26 bits per heavy atom. The summed E-state index contributed by atoms with van der Waals surface area (Å²) in [7, 11) is 0. The van der Waals surface area contributed by atoms with Crippen molar-refractivity contribution in [3.63, 3.8) is 0 Å². The zero-order chi connectivity index (χ0) is 13.2. The molecule has 0 aliphatic carbocycles. The zero-order valence-corrected chi connectivity index (χ0v) is 11.2. The van der Waals surface area contributed by atoms with E-state index in [9.17, 15) is 0 Å². The number of fused-ring (bicyclic) bond motifs is 1. The highest BCUT2D eigenvalue weighted by Crippen LogP contribution is 2.23. The molecule has 102 valence electrons. The summed E-state index contributed by atoms with van der Waals surface area (Å²) in [5, 5.41) is 1.11. The van der Waals surface area contributed by atoms with Crippen molar-refractivity contribution in [3.05, 3.63) is 36.1 Å². The number of benzene rings is 1. The quantitative estimate of drug-likeness (QED) is 0.918. The van der Waals surface area contributed by atoms with E-state index in [1.807, 2.05) is 30.3 Å². The van der Waals surface area contributed by atoms with E-state index in [0.717, 1.165) is 43.0 Å². The molecule has 19 heavy (non-hydrogen) atoms. The molecule has 0 amide bonds. The molecule has 1 fully saturated rings. The van der Waals surface area contributed by atoms with Crippen molar-refractivity contribution in [1.82, 2.24) is 4.90 Å². The minimum Gasteiger partial charge on any atom is -0.459 e. The molecule has 2 atom stereocenters. The molecule has 2 heterocycles. The Bertz CT molecular complexity index is 519. The lowest BCUT2D eigenvalue weighted by Crippen LogP contribution is -2.46. The minimum absolute atomic E-state index is 0.0899. The van der Waals surface area contributed by atoms with Crippen LogP contribution in [0.25, 0.3) is 11.0 Å². The summed E-state index contributed by atoms with van der Waals surface area (Å²) in [4.78, 5) is 2.36. The fourth-order valence-electron chi connectivity index (χ4n) is 2.56. The van der Waals surface area contributed by atoms with E-state index in [-0.39, 0.29) is 6.04 Å². The maximum Gasteiger partial charge on any atom is 0.134 e. The SMILES string of the molecule is CC1COCCN1CC(N)c1cc2ccccc2o1. The van der Waals surface area contributed by atoms with Crippen LogP contribution in [0.15, 0.2) is 34.7 Å². The average Bonchev–Trinajstić information content (AvgIpc) is 2.85. The van der Waals surface area contributed by atoms with Crippen molar-refractivity contribution in [2.45, 2.75) is 19.0 Å². The van der Waals surface area contributed by atoms with Gasteiger partial charge in [0, 0.05) is 24.5 Å². The molecular weight excluding hydrogens is 240 g/mol. The Morgan fingerprint density at radius 1 is 1.42 bits per heavy atom. The van der Waals surface area contributed by atoms with Crippen LogP contribution in [-0.4, -0.2) is 37.2 Å². The number of para-hydroxylation sites is 1. The molecule has 0 bridgehead atoms.